The quantitative estimate of drug-likeness (QED) is 0.460. The first kappa shape index (κ1) is 22.1. The van der Waals surface area contributed by atoms with Crippen LogP contribution in [0.2, 0.25) is 0 Å². The Morgan fingerprint density at radius 1 is 1.09 bits per heavy atom. The number of para-hydroxylation sites is 1. The molecule has 1 aromatic heterocycles. The van der Waals surface area contributed by atoms with Crippen molar-refractivity contribution in [1.29, 1.82) is 0 Å². The van der Waals surface area contributed by atoms with E-state index in [0.29, 0.717) is 42.0 Å². The van der Waals surface area contributed by atoms with E-state index in [-0.39, 0.29) is 35.1 Å². The van der Waals surface area contributed by atoms with Crippen LogP contribution >= 0.6 is 11.8 Å². The molecule has 0 aliphatic carbocycles. The average molecular weight is 451 g/mol. The molecule has 0 spiro atoms. The number of nitrogens with two attached hydrogens (primary N) is 1. The second kappa shape index (κ2) is 9.56. The Bertz CT molecular complexity index is 1190. The summed E-state index contributed by atoms with van der Waals surface area (Å²) in [7, 11) is 0. The second-order valence-corrected chi connectivity index (χ2v) is 8.96. The molecular formula is C24H26N4O3S. The van der Waals surface area contributed by atoms with Gasteiger partial charge in [-0.25, -0.2) is 4.98 Å². The van der Waals surface area contributed by atoms with Gasteiger partial charge in [0, 0.05) is 19.0 Å². The fraction of sp³-hybridized carbons (Fsp3) is 0.333. The lowest BCUT2D eigenvalue weighted by Crippen LogP contribution is -2.42. The number of amides is 2. The van der Waals surface area contributed by atoms with Gasteiger partial charge in [-0.3, -0.25) is 19.0 Å². The predicted octanol–water partition coefficient (Wildman–Crippen LogP) is 2.82. The number of rotatable bonds is 6. The number of carbonyl (C=O) groups is 2. The largest absolute Gasteiger partial charge is 0.369 e. The Morgan fingerprint density at radius 2 is 1.75 bits per heavy atom. The van der Waals surface area contributed by atoms with E-state index >= 15 is 0 Å². The van der Waals surface area contributed by atoms with Crippen LogP contribution in [0.15, 0.2) is 64.5 Å². The average Bonchev–Trinajstić information content (AvgIpc) is 2.83. The monoisotopic (exact) mass is 450 g/mol. The molecule has 2 aromatic carbocycles. The van der Waals surface area contributed by atoms with Gasteiger partial charge in [-0.15, -0.1) is 0 Å². The third-order valence-corrected chi connectivity index (χ3v) is 6.96. The van der Waals surface area contributed by atoms with Crippen molar-refractivity contribution in [3.05, 3.63) is 70.5 Å². The maximum Gasteiger partial charge on any atom is 0.262 e. The van der Waals surface area contributed by atoms with Gasteiger partial charge < -0.3 is 10.6 Å². The number of carbonyl (C=O) groups excluding carboxylic acids is 2. The highest BCUT2D eigenvalue weighted by Crippen LogP contribution is 2.26. The predicted molar refractivity (Wildman–Crippen MR) is 125 cm³/mol. The zero-order chi connectivity index (χ0) is 22.7. The summed E-state index contributed by atoms with van der Waals surface area (Å²) in [6, 6.07) is 16.8. The Kier molecular flexibility index (Phi) is 6.60. The zero-order valence-corrected chi connectivity index (χ0v) is 18.8. The molecule has 2 amide bonds. The third-order valence-electron chi connectivity index (χ3n) is 6.02. The Hall–Kier alpha value is -3.13. The number of piperidine rings is 1. The minimum atomic E-state index is -0.300. The van der Waals surface area contributed by atoms with Gasteiger partial charge in [0.25, 0.3) is 5.56 Å². The van der Waals surface area contributed by atoms with Gasteiger partial charge in [0.05, 0.1) is 22.7 Å². The number of nitrogens with zero attached hydrogens (tertiary/aromatic N) is 3. The molecule has 166 valence electrons. The summed E-state index contributed by atoms with van der Waals surface area (Å²) >= 11 is 1.28. The van der Waals surface area contributed by atoms with Gasteiger partial charge in [-0.1, -0.05) is 54.2 Å². The van der Waals surface area contributed by atoms with Gasteiger partial charge >= 0.3 is 0 Å². The van der Waals surface area contributed by atoms with Gasteiger partial charge in [0.2, 0.25) is 11.8 Å². The van der Waals surface area contributed by atoms with Crippen molar-refractivity contribution in [2.75, 3.05) is 18.8 Å². The number of primary amides is 1. The number of hydrogen-bond acceptors (Lipinski definition) is 5. The van der Waals surface area contributed by atoms with E-state index in [2.05, 4.69) is 0 Å². The molecule has 8 heteroatoms. The minimum absolute atomic E-state index is 0.0285. The van der Waals surface area contributed by atoms with Crippen molar-refractivity contribution >= 4 is 34.5 Å². The lowest BCUT2D eigenvalue weighted by Gasteiger charge is -2.30. The molecular weight excluding hydrogens is 424 g/mol. The van der Waals surface area contributed by atoms with E-state index in [1.807, 2.05) is 55.5 Å². The van der Waals surface area contributed by atoms with E-state index in [1.165, 1.54) is 11.8 Å². The molecule has 0 unspecified atom stereocenters. The fourth-order valence-corrected chi connectivity index (χ4v) is 5.06. The van der Waals surface area contributed by atoms with Crippen LogP contribution in [0.5, 0.6) is 0 Å². The van der Waals surface area contributed by atoms with Crippen LogP contribution in [0.1, 0.15) is 31.4 Å². The fourth-order valence-electron chi connectivity index (χ4n) is 4.08. The zero-order valence-electron chi connectivity index (χ0n) is 17.9. The molecule has 4 rings (SSSR count). The first-order valence-corrected chi connectivity index (χ1v) is 11.7. The number of benzene rings is 2. The van der Waals surface area contributed by atoms with Crippen LogP contribution < -0.4 is 11.3 Å². The Labute approximate surface area is 190 Å². The molecule has 1 atom stereocenters. The summed E-state index contributed by atoms with van der Waals surface area (Å²) in [6.45, 7) is 3.00. The van der Waals surface area contributed by atoms with Crippen molar-refractivity contribution in [2.24, 2.45) is 11.7 Å². The molecule has 2 heterocycles. The number of likely N-dealkylation sites (tertiary alicyclic amines) is 1. The molecule has 1 aliphatic heterocycles. The first-order chi connectivity index (χ1) is 15.5. The molecule has 3 aromatic rings. The van der Waals surface area contributed by atoms with Crippen molar-refractivity contribution in [2.45, 2.75) is 31.0 Å². The lowest BCUT2D eigenvalue weighted by atomic mass is 9.96. The smallest absolute Gasteiger partial charge is 0.262 e. The van der Waals surface area contributed by atoms with Crippen LogP contribution in [0, 0.1) is 5.92 Å². The molecule has 1 aliphatic rings. The van der Waals surface area contributed by atoms with Gasteiger partial charge in [0.15, 0.2) is 5.16 Å². The van der Waals surface area contributed by atoms with Crippen molar-refractivity contribution in [1.82, 2.24) is 14.5 Å². The summed E-state index contributed by atoms with van der Waals surface area (Å²) in [5.74, 6) is -0.316. The first-order valence-electron chi connectivity index (χ1n) is 10.7. The number of thioether (sulfide) groups is 1. The summed E-state index contributed by atoms with van der Waals surface area (Å²) in [5, 5.41) is 1.07. The lowest BCUT2D eigenvalue weighted by molar-refractivity contribution is -0.132. The van der Waals surface area contributed by atoms with E-state index < -0.39 is 0 Å². The van der Waals surface area contributed by atoms with E-state index in [9.17, 15) is 14.4 Å². The van der Waals surface area contributed by atoms with Crippen LogP contribution in [-0.4, -0.2) is 45.1 Å². The molecule has 7 nitrogen and oxygen atoms in total. The molecule has 32 heavy (non-hydrogen) atoms. The second-order valence-electron chi connectivity index (χ2n) is 8.02. The van der Waals surface area contributed by atoms with E-state index in [1.54, 1.807) is 15.5 Å². The highest BCUT2D eigenvalue weighted by atomic mass is 32.2. The minimum Gasteiger partial charge on any atom is -0.369 e. The number of hydrogen-bond donors (Lipinski definition) is 1. The normalized spacial score (nSPS) is 15.6. The number of aromatic nitrogens is 2. The van der Waals surface area contributed by atoms with Crippen LogP contribution in [0.3, 0.4) is 0 Å². The molecule has 0 saturated carbocycles. The highest BCUT2D eigenvalue weighted by molar-refractivity contribution is 7.99. The van der Waals surface area contributed by atoms with Crippen molar-refractivity contribution in [3.8, 4) is 0 Å². The molecule has 2 N–H and O–H groups in total. The van der Waals surface area contributed by atoms with Crippen molar-refractivity contribution in [3.63, 3.8) is 0 Å². The highest BCUT2D eigenvalue weighted by Gasteiger charge is 2.26. The van der Waals surface area contributed by atoms with Crippen LogP contribution in [-0.2, 0) is 9.59 Å². The molecule has 0 radical (unpaired) electrons. The van der Waals surface area contributed by atoms with Crippen molar-refractivity contribution < 1.29 is 9.59 Å². The molecule has 1 fully saturated rings. The topological polar surface area (TPSA) is 98.3 Å². The van der Waals surface area contributed by atoms with Gasteiger partial charge in [-0.05, 0) is 37.5 Å². The standard InChI is InChI=1S/C24H26N4O3S/c1-16(17-7-3-2-4-8-17)28-23(31)19-9-5-6-10-20(19)26-24(28)32-15-21(29)27-13-11-18(12-14-27)22(25)30/h2-10,16,18H,11-15H2,1H3,(H2,25,30)/t16-/m1/s1. The van der Waals surface area contributed by atoms with E-state index in [0.717, 1.165) is 5.56 Å². The molecule has 1 saturated heterocycles. The van der Waals surface area contributed by atoms with E-state index in [4.69, 9.17) is 10.7 Å². The Balaban J connectivity index is 1.60. The number of fused-ring (bicyclic) bond motifs is 1. The molecule has 0 bridgehead atoms. The summed E-state index contributed by atoms with van der Waals surface area (Å²) in [4.78, 5) is 44.1. The Morgan fingerprint density at radius 3 is 2.44 bits per heavy atom. The summed E-state index contributed by atoms with van der Waals surface area (Å²) in [6.07, 6.45) is 1.19. The van der Waals surface area contributed by atoms with Gasteiger partial charge in [0.1, 0.15) is 0 Å². The third kappa shape index (κ3) is 4.55. The maximum absolute atomic E-state index is 13.4. The van der Waals surface area contributed by atoms with Gasteiger partial charge in [-0.2, -0.15) is 0 Å². The summed E-state index contributed by atoms with van der Waals surface area (Å²) < 4.78 is 1.68. The maximum atomic E-state index is 13.4. The SMILES string of the molecule is C[C@H](c1ccccc1)n1c(SCC(=O)N2CCC(C(N)=O)CC2)nc2ccccc2c1=O. The van der Waals surface area contributed by atoms with Crippen LogP contribution in [0.4, 0.5) is 0 Å². The summed E-state index contributed by atoms with van der Waals surface area (Å²) in [5.41, 5.74) is 6.88. The van der Waals surface area contributed by atoms with Crippen LogP contribution in [0.25, 0.3) is 10.9 Å².